The molecule has 25 heavy (non-hydrogen) atoms. The van der Waals surface area contributed by atoms with Gasteiger partial charge in [0.05, 0.1) is 13.0 Å². The minimum absolute atomic E-state index is 0.0912. The Hall–Kier alpha value is -2.20. The van der Waals surface area contributed by atoms with Gasteiger partial charge in [0.2, 0.25) is 5.88 Å². The summed E-state index contributed by atoms with van der Waals surface area (Å²) in [7, 11) is 0. The quantitative estimate of drug-likeness (QED) is 0.439. The smallest absolute Gasteiger partial charge is 0.422 e. The van der Waals surface area contributed by atoms with E-state index in [4.69, 9.17) is 0 Å². The molecule has 1 aromatic rings. The van der Waals surface area contributed by atoms with Gasteiger partial charge >= 0.3 is 12.4 Å². The molecule has 0 saturated carbocycles. The highest BCUT2D eigenvalue weighted by atomic mass is 19.4. The number of alkyl halides is 6. The van der Waals surface area contributed by atoms with Crippen LogP contribution in [0.5, 0.6) is 5.88 Å². The van der Waals surface area contributed by atoms with E-state index in [2.05, 4.69) is 25.3 Å². The number of nitrogens with zero attached hydrogens (tertiary/aromatic N) is 2. The summed E-state index contributed by atoms with van der Waals surface area (Å²) in [6.45, 7) is 0.548. The van der Waals surface area contributed by atoms with Crippen molar-refractivity contribution in [3.63, 3.8) is 0 Å². The molecule has 0 aromatic carbocycles. The van der Waals surface area contributed by atoms with Crippen LogP contribution in [0.1, 0.15) is 18.9 Å². The second kappa shape index (κ2) is 9.33. The van der Waals surface area contributed by atoms with Crippen LogP contribution in [0, 0.1) is 0 Å². The van der Waals surface area contributed by atoms with Gasteiger partial charge in [0.25, 0.3) is 0 Å². The van der Waals surface area contributed by atoms with Gasteiger partial charge < -0.3 is 15.4 Å². The van der Waals surface area contributed by atoms with E-state index in [-0.39, 0.29) is 24.9 Å². The van der Waals surface area contributed by atoms with Gasteiger partial charge in [-0.15, -0.1) is 0 Å². The molecule has 0 aliphatic heterocycles. The number of guanidine groups is 1. The second-order valence-corrected chi connectivity index (χ2v) is 4.90. The average Bonchev–Trinajstić information content (AvgIpc) is 2.49. The van der Waals surface area contributed by atoms with Gasteiger partial charge in [0.15, 0.2) is 12.6 Å². The largest absolute Gasteiger partial charge is 0.468 e. The van der Waals surface area contributed by atoms with E-state index in [1.54, 1.807) is 6.92 Å². The summed E-state index contributed by atoms with van der Waals surface area (Å²) in [5, 5.41) is 5.33. The lowest BCUT2D eigenvalue weighted by Gasteiger charge is -2.12. The predicted octanol–water partition coefficient (Wildman–Crippen LogP) is 3.03. The molecule has 1 rings (SSSR count). The molecule has 0 unspecified atom stereocenters. The van der Waals surface area contributed by atoms with Crippen LogP contribution in [-0.4, -0.2) is 43.0 Å². The van der Waals surface area contributed by atoms with Gasteiger partial charge in [-0.1, -0.05) is 6.07 Å². The highest BCUT2D eigenvalue weighted by molar-refractivity contribution is 5.79. The third kappa shape index (κ3) is 10.3. The molecule has 0 saturated heterocycles. The molecule has 5 nitrogen and oxygen atoms in total. The first-order chi connectivity index (χ1) is 11.6. The number of hydrogen-bond donors (Lipinski definition) is 2. The highest BCUT2D eigenvalue weighted by Gasteiger charge is 2.28. The topological polar surface area (TPSA) is 58.5 Å². The fourth-order valence-corrected chi connectivity index (χ4v) is 1.58. The molecule has 1 aromatic heterocycles. The normalized spacial score (nSPS) is 12.8. The van der Waals surface area contributed by atoms with Crippen LogP contribution in [0.2, 0.25) is 0 Å². The number of nitrogens with one attached hydrogen (secondary N) is 2. The summed E-state index contributed by atoms with van der Waals surface area (Å²) >= 11 is 0. The van der Waals surface area contributed by atoms with Gasteiger partial charge in [-0.05, 0) is 12.5 Å². The summed E-state index contributed by atoms with van der Waals surface area (Å²) in [4.78, 5) is 7.80. The van der Waals surface area contributed by atoms with Crippen LogP contribution in [0.25, 0.3) is 0 Å². The van der Waals surface area contributed by atoms with Crippen LogP contribution in [-0.2, 0) is 6.54 Å². The second-order valence-electron chi connectivity index (χ2n) is 4.90. The lowest BCUT2D eigenvalue weighted by atomic mass is 10.3. The maximum atomic E-state index is 12.1. The Morgan fingerprint density at radius 2 is 1.84 bits per heavy atom. The maximum absolute atomic E-state index is 12.1. The third-order valence-corrected chi connectivity index (χ3v) is 2.65. The van der Waals surface area contributed by atoms with Crippen LogP contribution in [0.15, 0.2) is 23.3 Å². The molecule has 0 bridgehead atoms. The number of pyridine rings is 1. The first-order valence-electron chi connectivity index (χ1n) is 7.32. The molecule has 0 radical (unpaired) electrons. The molecule has 1 heterocycles. The van der Waals surface area contributed by atoms with E-state index in [9.17, 15) is 26.3 Å². The number of halogens is 6. The van der Waals surface area contributed by atoms with Crippen molar-refractivity contribution in [2.24, 2.45) is 4.99 Å². The first-order valence-corrected chi connectivity index (χ1v) is 7.32. The van der Waals surface area contributed by atoms with Gasteiger partial charge in [-0.25, -0.2) is 9.98 Å². The van der Waals surface area contributed by atoms with Crippen molar-refractivity contribution in [2.45, 2.75) is 32.2 Å². The molecule has 0 spiro atoms. The molecular formula is C14H18F6N4O. The number of rotatable bonds is 7. The predicted molar refractivity (Wildman–Crippen MR) is 79.3 cm³/mol. The molecule has 0 fully saturated rings. The zero-order valence-corrected chi connectivity index (χ0v) is 13.3. The number of aromatic nitrogens is 1. The van der Waals surface area contributed by atoms with Crippen molar-refractivity contribution in [2.75, 3.05) is 19.7 Å². The summed E-state index contributed by atoms with van der Waals surface area (Å²) in [5.41, 5.74) is 0.562. The van der Waals surface area contributed by atoms with Gasteiger partial charge in [-0.3, -0.25) is 0 Å². The summed E-state index contributed by atoms with van der Waals surface area (Å²) in [6.07, 6.45) is -8.42. The Balaban J connectivity index is 2.54. The Bertz CT molecular complexity index is 542. The van der Waals surface area contributed by atoms with Gasteiger partial charge in [0, 0.05) is 25.4 Å². The Morgan fingerprint density at radius 1 is 1.12 bits per heavy atom. The van der Waals surface area contributed by atoms with Gasteiger partial charge in [0.1, 0.15) is 0 Å². The summed E-state index contributed by atoms with van der Waals surface area (Å²) in [5.74, 6) is 0.0180. The van der Waals surface area contributed by atoms with Crippen molar-refractivity contribution in [3.05, 3.63) is 23.9 Å². The van der Waals surface area contributed by atoms with Crippen molar-refractivity contribution in [3.8, 4) is 5.88 Å². The van der Waals surface area contributed by atoms with E-state index < -0.39 is 25.4 Å². The van der Waals surface area contributed by atoms with Gasteiger partial charge in [-0.2, -0.15) is 26.3 Å². The Labute approximate surface area is 140 Å². The van der Waals surface area contributed by atoms with Crippen molar-refractivity contribution in [1.82, 2.24) is 15.6 Å². The van der Waals surface area contributed by atoms with Crippen LogP contribution >= 0.6 is 0 Å². The maximum Gasteiger partial charge on any atom is 0.422 e. The third-order valence-electron chi connectivity index (χ3n) is 2.65. The summed E-state index contributed by atoms with van der Waals surface area (Å²) < 4.78 is 76.9. The molecular weight excluding hydrogens is 354 g/mol. The minimum Gasteiger partial charge on any atom is -0.468 e. The fourth-order valence-electron chi connectivity index (χ4n) is 1.58. The zero-order valence-electron chi connectivity index (χ0n) is 13.3. The molecule has 0 aliphatic carbocycles. The van der Waals surface area contributed by atoms with E-state index >= 15 is 0 Å². The van der Waals surface area contributed by atoms with Crippen LogP contribution < -0.4 is 15.4 Å². The number of hydrogen-bond acceptors (Lipinski definition) is 3. The molecule has 0 atom stereocenters. The van der Waals surface area contributed by atoms with Crippen molar-refractivity contribution < 1.29 is 31.1 Å². The zero-order chi connectivity index (χ0) is 18.9. The fraction of sp³-hybridized carbons (Fsp3) is 0.571. The molecule has 11 heteroatoms. The van der Waals surface area contributed by atoms with Crippen LogP contribution in [0.4, 0.5) is 26.3 Å². The van der Waals surface area contributed by atoms with Crippen molar-refractivity contribution >= 4 is 5.96 Å². The Kier molecular flexibility index (Phi) is 7.78. The number of aliphatic imine (C=N–C) groups is 1. The van der Waals surface area contributed by atoms with Crippen molar-refractivity contribution in [1.29, 1.82) is 0 Å². The number of ether oxygens (including phenoxy) is 1. The first kappa shape index (κ1) is 20.8. The average molecular weight is 372 g/mol. The van der Waals surface area contributed by atoms with E-state index in [0.717, 1.165) is 0 Å². The molecule has 0 aliphatic rings. The minimum atomic E-state index is -4.45. The standard InChI is InChI=1S/C14H18F6N4O/c1-2-21-12(22-6-5-13(15,16)17)24-8-10-3-4-11(23-7-10)25-9-14(18,19)20/h3-4,7H,2,5-6,8-9H2,1H3,(H2,21,22,24). The molecule has 0 amide bonds. The SMILES string of the molecule is CCNC(=NCc1ccc(OCC(F)(F)F)nc1)NCCC(F)(F)F. The lowest BCUT2D eigenvalue weighted by molar-refractivity contribution is -0.154. The monoisotopic (exact) mass is 372 g/mol. The molecule has 142 valence electrons. The highest BCUT2D eigenvalue weighted by Crippen LogP contribution is 2.18. The van der Waals surface area contributed by atoms with Crippen LogP contribution in [0.3, 0.4) is 0 Å². The lowest BCUT2D eigenvalue weighted by Crippen LogP contribution is -2.38. The van der Waals surface area contributed by atoms with E-state index in [0.29, 0.717) is 12.1 Å². The summed E-state index contributed by atoms with van der Waals surface area (Å²) in [6, 6.07) is 2.74. The van der Waals surface area contributed by atoms with E-state index in [1.165, 1.54) is 18.3 Å². The molecule has 2 N–H and O–H groups in total. The van der Waals surface area contributed by atoms with E-state index in [1.807, 2.05) is 0 Å². The Morgan fingerprint density at radius 3 is 2.36 bits per heavy atom.